The summed E-state index contributed by atoms with van der Waals surface area (Å²) >= 11 is 0. The van der Waals surface area contributed by atoms with Gasteiger partial charge in [-0.3, -0.25) is 9.48 Å². The smallest absolute Gasteiger partial charge is 0.155 e. The van der Waals surface area contributed by atoms with Crippen molar-refractivity contribution >= 4 is 5.78 Å². The lowest BCUT2D eigenvalue weighted by Gasteiger charge is -2.57. The summed E-state index contributed by atoms with van der Waals surface area (Å²) in [6, 6.07) is 0. The van der Waals surface area contributed by atoms with Crippen molar-refractivity contribution < 1.29 is 9.90 Å². The molecule has 5 nitrogen and oxygen atoms in total. The summed E-state index contributed by atoms with van der Waals surface area (Å²) in [7, 11) is 0. The number of aromatic nitrogens is 3. The predicted molar refractivity (Wildman–Crippen MR) is 114 cm³/mol. The van der Waals surface area contributed by atoms with Crippen molar-refractivity contribution in [3.8, 4) is 12.3 Å². The number of hydrogen-bond donors (Lipinski definition) is 1. The molecule has 4 unspecified atom stereocenters. The molecule has 1 aromatic heterocycles. The number of terminal acetylenes is 1. The maximum Gasteiger partial charge on any atom is 0.155 e. The van der Waals surface area contributed by atoms with Crippen molar-refractivity contribution in [1.29, 1.82) is 0 Å². The molecule has 0 amide bonds. The number of nitrogens with zero attached hydrogens (tertiary/aromatic N) is 3. The van der Waals surface area contributed by atoms with Gasteiger partial charge < -0.3 is 5.11 Å². The molecule has 3 saturated carbocycles. The van der Waals surface area contributed by atoms with Crippen molar-refractivity contribution in [2.75, 3.05) is 0 Å². The third-order valence-electron chi connectivity index (χ3n) is 9.24. The maximum atomic E-state index is 12.0. The average Bonchev–Trinajstić information content (AvgIpc) is 3.30. The summed E-state index contributed by atoms with van der Waals surface area (Å²) in [6.07, 6.45) is 16.6. The Bertz CT molecular complexity index is 927. The normalized spacial score (nSPS) is 42.7. The van der Waals surface area contributed by atoms with Crippen molar-refractivity contribution in [2.45, 2.75) is 77.4 Å². The molecule has 0 saturated heterocycles. The molecule has 1 N–H and O–H groups in total. The van der Waals surface area contributed by atoms with E-state index in [1.807, 2.05) is 12.3 Å². The second kappa shape index (κ2) is 7.05. The van der Waals surface area contributed by atoms with Crippen LogP contribution in [0.15, 0.2) is 17.8 Å². The van der Waals surface area contributed by atoms with Gasteiger partial charge in [0.1, 0.15) is 11.3 Å². The topological polar surface area (TPSA) is 68.0 Å². The molecule has 0 bridgehead atoms. The van der Waals surface area contributed by atoms with E-state index in [4.69, 9.17) is 6.42 Å². The van der Waals surface area contributed by atoms with E-state index in [0.717, 1.165) is 44.2 Å². The fourth-order valence-electron chi connectivity index (χ4n) is 7.80. The third-order valence-corrected chi connectivity index (χ3v) is 9.24. The van der Waals surface area contributed by atoms with Gasteiger partial charge in [-0.05, 0) is 74.2 Å². The molecular formula is C25H33N3O2. The molecule has 0 aliphatic heterocycles. The Hall–Kier alpha value is -1.93. The fraction of sp³-hybridized carbons (Fsp3) is 0.720. The van der Waals surface area contributed by atoms with Crippen molar-refractivity contribution in [3.63, 3.8) is 0 Å². The van der Waals surface area contributed by atoms with E-state index in [9.17, 15) is 9.90 Å². The lowest BCUT2D eigenvalue weighted by molar-refractivity contribution is -0.134. The van der Waals surface area contributed by atoms with Crippen LogP contribution in [0.2, 0.25) is 0 Å². The van der Waals surface area contributed by atoms with Crippen LogP contribution in [0, 0.1) is 47.3 Å². The van der Waals surface area contributed by atoms with Gasteiger partial charge in [0.25, 0.3) is 0 Å². The molecule has 5 rings (SSSR count). The molecule has 5 heteroatoms. The van der Waals surface area contributed by atoms with Crippen molar-refractivity contribution in [1.82, 2.24) is 15.0 Å². The minimum Gasteiger partial charge on any atom is -0.383 e. The molecule has 0 radical (unpaired) electrons. The molecule has 1 heterocycles. The van der Waals surface area contributed by atoms with E-state index in [-0.39, 0.29) is 5.41 Å². The van der Waals surface area contributed by atoms with Gasteiger partial charge in [-0.15, -0.1) is 17.4 Å². The zero-order chi connectivity index (χ0) is 21.1. The van der Waals surface area contributed by atoms with Gasteiger partial charge in [0.15, 0.2) is 5.78 Å². The Morgan fingerprint density at radius 2 is 2.17 bits per heavy atom. The van der Waals surface area contributed by atoms with E-state index >= 15 is 0 Å². The van der Waals surface area contributed by atoms with Gasteiger partial charge in [0, 0.05) is 18.3 Å². The van der Waals surface area contributed by atoms with E-state index in [2.05, 4.69) is 30.1 Å². The highest BCUT2D eigenvalue weighted by Gasteiger charge is 2.64. The minimum absolute atomic E-state index is 0.179. The number of allylic oxidation sites excluding steroid dienone is 1. The van der Waals surface area contributed by atoms with Gasteiger partial charge in [0.2, 0.25) is 0 Å². The number of aliphatic hydroxyl groups is 1. The summed E-state index contributed by atoms with van der Waals surface area (Å²) in [4.78, 5) is 12.0. The van der Waals surface area contributed by atoms with Crippen LogP contribution in [0.1, 0.15) is 70.9 Å². The third kappa shape index (κ3) is 2.76. The van der Waals surface area contributed by atoms with Gasteiger partial charge in [-0.1, -0.05) is 24.6 Å². The molecule has 30 heavy (non-hydrogen) atoms. The van der Waals surface area contributed by atoms with Crippen LogP contribution < -0.4 is 0 Å². The second-order valence-electron chi connectivity index (χ2n) is 10.5. The first kappa shape index (κ1) is 20.0. The summed E-state index contributed by atoms with van der Waals surface area (Å²) in [5.74, 6) is 5.85. The number of fused-ring (bicyclic) bond motifs is 5. The predicted octanol–water partition coefficient (Wildman–Crippen LogP) is 3.88. The van der Waals surface area contributed by atoms with Gasteiger partial charge in [0.05, 0.1) is 12.7 Å². The summed E-state index contributed by atoms with van der Waals surface area (Å²) in [5, 5.41) is 20.6. The highest BCUT2D eigenvalue weighted by molar-refractivity contribution is 5.91. The van der Waals surface area contributed by atoms with Crippen molar-refractivity contribution in [2.24, 2.45) is 35.0 Å². The van der Waals surface area contributed by atoms with Crippen molar-refractivity contribution in [3.05, 3.63) is 23.5 Å². The van der Waals surface area contributed by atoms with Crippen LogP contribution >= 0.6 is 0 Å². The number of ketones is 1. The number of rotatable bonds is 3. The standard InChI is InChI=1S/C25H33N3O2/c1-4-5-12-28-15-22(26-27-28)25(30)11-9-21-23-16(2)13-17-14-18(29)6-7-19(17)20(23)8-10-24(21,25)3/h1,14-16,19-21,23,30H,5-13H2,2-3H3/t16-,19?,20?,21?,23?,24+,25-/m1/s1. The molecule has 1 aromatic rings. The molecule has 3 fully saturated rings. The summed E-state index contributed by atoms with van der Waals surface area (Å²) in [5.41, 5.74) is 1.03. The Morgan fingerprint density at radius 1 is 1.33 bits per heavy atom. The molecule has 4 aliphatic carbocycles. The van der Waals surface area contributed by atoms with Crippen LogP contribution in [0.3, 0.4) is 0 Å². The summed E-state index contributed by atoms with van der Waals surface area (Å²) < 4.78 is 1.77. The largest absolute Gasteiger partial charge is 0.383 e. The quantitative estimate of drug-likeness (QED) is 0.772. The second-order valence-corrected chi connectivity index (χ2v) is 10.5. The highest BCUT2D eigenvalue weighted by atomic mass is 16.3. The first-order valence-corrected chi connectivity index (χ1v) is 11.7. The van der Waals surface area contributed by atoms with E-state index in [1.165, 1.54) is 5.57 Å². The van der Waals surface area contributed by atoms with Crippen LogP contribution in [0.4, 0.5) is 0 Å². The lowest BCUT2D eigenvalue weighted by atomic mass is 9.48. The first-order valence-electron chi connectivity index (χ1n) is 11.7. The molecule has 160 valence electrons. The highest BCUT2D eigenvalue weighted by Crippen LogP contribution is 2.68. The number of carbonyl (C=O) groups excluding carboxylic acids is 1. The van der Waals surface area contributed by atoms with Gasteiger partial charge >= 0.3 is 0 Å². The van der Waals surface area contributed by atoms with Crippen LogP contribution in [0.25, 0.3) is 0 Å². The molecule has 0 aromatic carbocycles. The molecular weight excluding hydrogens is 374 g/mol. The van der Waals surface area contributed by atoms with E-state index in [0.29, 0.717) is 54.8 Å². The lowest BCUT2D eigenvalue weighted by Crippen LogP contribution is -2.53. The number of hydrogen-bond acceptors (Lipinski definition) is 4. The first-order chi connectivity index (χ1) is 14.4. The summed E-state index contributed by atoms with van der Waals surface area (Å²) in [6.45, 7) is 5.30. The fourth-order valence-corrected chi connectivity index (χ4v) is 7.80. The minimum atomic E-state index is -0.921. The van der Waals surface area contributed by atoms with E-state index in [1.54, 1.807) is 4.68 Å². The Labute approximate surface area is 179 Å². The molecule has 4 aliphatic rings. The molecule has 0 spiro atoms. The van der Waals surface area contributed by atoms with Gasteiger partial charge in [-0.25, -0.2) is 0 Å². The van der Waals surface area contributed by atoms with Crippen LogP contribution in [0.5, 0.6) is 0 Å². The average molecular weight is 408 g/mol. The van der Waals surface area contributed by atoms with E-state index < -0.39 is 5.60 Å². The van der Waals surface area contributed by atoms with Crippen LogP contribution in [-0.2, 0) is 16.9 Å². The monoisotopic (exact) mass is 407 g/mol. The molecule has 7 atom stereocenters. The van der Waals surface area contributed by atoms with Crippen LogP contribution in [-0.4, -0.2) is 25.9 Å². The number of carbonyl (C=O) groups is 1. The number of aryl methyl sites for hydroxylation is 1. The zero-order valence-electron chi connectivity index (χ0n) is 18.2. The van der Waals surface area contributed by atoms with Gasteiger partial charge in [-0.2, -0.15) is 0 Å². The Morgan fingerprint density at radius 3 is 2.97 bits per heavy atom. The Balaban J connectivity index is 1.45. The maximum absolute atomic E-state index is 12.0. The Kier molecular flexibility index (Phi) is 4.70. The zero-order valence-corrected chi connectivity index (χ0v) is 18.2. The SMILES string of the molecule is C#CCCn1cc([C@]2(O)CCC3C4C(CC[C@@]32C)C2CCC(=O)C=C2C[C@H]4C)nn1.